The van der Waals surface area contributed by atoms with Crippen molar-refractivity contribution in [3.8, 4) is 0 Å². The topological polar surface area (TPSA) is 46.4 Å². The maximum atomic E-state index is 11.8. The summed E-state index contributed by atoms with van der Waals surface area (Å²) in [5.41, 5.74) is 3.71. The average Bonchev–Trinajstić information content (AvgIpc) is 2.78. The van der Waals surface area contributed by atoms with Crippen molar-refractivity contribution in [1.82, 2.24) is 9.99 Å². The van der Waals surface area contributed by atoms with Gasteiger partial charge in [0, 0.05) is 18.8 Å². The lowest BCUT2D eigenvalue weighted by Gasteiger charge is -2.01. The van der Waals surface area contributed by atoms with Crippen LogP contribution in [0.4, 0.5) is 0 Å². The Labute approximate surface area is 120 Å². The van der Waals surface area contributed by atoms with Crippen molar-refractivity contribution in [3.63, 3.8) is 0 Å². The molecular weight excluding hydrogens is 285 g/mol. The van der Waals surface area contributed by atoms with E-state index < -0.39 is 0 Å². The second-order valence-corrected chi connectivity index (χ2v) is 4.69. The number of carbonyl (C=O) groups excluding carboxylic acids is 1. The minimum absolute atomic E-state index is 0.334. The highest BCUT2D eigenvalue weighted by molar-refractivity contribution is 6.42. The Morgan fingerprint density at radius 3 is 2.74 bits per heavy atom. The molecule has 0 aliphatic heterocycles. The van der Waals surface area contributed by atoms with Gasteiger partial charge < -0.3 is 4.57 Å². The molecule has 4 nitrogen and oxygen atoms in total. The van der Waals surface area contributed by atoms with E-state index in [1.54, 1.807) is 18.3 Å². The SMILES string of the molecule is Cn1cccc1/C=N\NC(=O)c1ccc(Cl)c(Cl)c1. The monoisotopic (exact) mass is 295 g/mol. The molecule has 0 atom stereocenters. The van der Waals surface area contributed by atoms with Crippen LogP contribution in [0.3, 0.4) is 0 Å². The Morgan fingerprint density at radius 2 is 2.11 bits per heavy atom. The first-order valence-corrected chi connectivity index (χ1v) is 6.23. The lowest BCUT2D eigenvalue weighted by atomic mass is 10.2. The first kappa shape index (κ1) is 13.6. The zero-order valence-electron chi connectivity index (χ0n) is 10.1. The minimum Gasteiger partial charge on any atom is -0.350 e. The highest BCUT2D eigenvalue weighted by Gasteiger charge is 2.06. The predicted octanol–water partition coefficient (Wildman–Crippen LogP) is 3.10. The molecule has 0 aliphatic carbocycles. The van der Waals surface area contributed by atoms with Crippen molar-refractivity contribution < 1.29 is 4.79 Å². The number of nitrogens with one attached hydrogen (secondary N) is 1. The number of amides is 1. The summed E-state index contributed by atoms with van der Waals surface area (Å²) in [6.07, 6.45) is 3.46. The summed E-state index contributed by atoms with van der Waals surface area (Å²) in [4.78, 5) is 11.8. The number of aromatic nitrogens is 1. The fourth-order valence-electron chi connectivity index (χ4n) is 1.47. The van der Waals surface area contributed by atoms with Crippen LogP contribution in [0, 0.1) is 0 Å². The third kappa shape index (κ3) is 3.36. The molecule has 1 aromatic heterocycles. The molecule has 98 valence electrons. The van der Waals surface area contributed by atoms with Gasteiger partial charge in [-0.3, -0.25) is 4.79 Å². The van der Waals surface area contributed by atoms with E-state index in [1.165, 1.54) is 6.07 Å². The molecule has 0 radical (unpaired) electrons. The van der Waals surface area contributed by atoms with Gasteiger partial charge in [-0.15, -0.1) is 0 Å². The lowest BCUT2D eigenvalue weighted by molar-refractivity contribution is 0.0955. The van der Waals surface area contributed by atoms with Gasteiger partial charge in [0.25, 0.3) is 5.91 Å². The summed E-state index contributed by atoms with van der Waals surface area (Å²) in [6, 6.07) is 8.43. The summed E-state index contributed by atoms with van der Waals surface area (Å²) in [5.74, 6) is -0.343. The standard InChI is InChI=1S/C13H11Cl2N3O/c1-18-6-2-3-10(18)8-16-17-13(19)9-4-5-11(14)12(15)7-9/h2-8H,1H3,(H,17,19)/b16-8-. The summed E-state index contributed by atoms with van der Waals surface area (Å²) < 4.78 is 1.88. The summed E-state index contributed by atoms with van der Waals surface area (Å²) in [6.45, 7) is 0. The molecule has 0 saturated heterocycles. The first-order chi connectivity index (χ1) is 9.08. The summed E-state index contributed by atoms with van der Waals surface area (Å²) >= 11 is 11.6. The molecule has 2 aromatic rings. The van der Waals surface area contributed by atoms with Crippen LogP contribution in [0.5, 0.6) is 0 Å². The van der Waals surface area contributed by atoms with Gasteiger partial charge >= 0.3 is 0 Å². The van der Waals surface area contributed by atoms with Crippen molar-refractivity contribution >= 4 is 35.3 Å². The molecule has 0 saturated carbocycles. The summed E-state index contributed by atoms with van der Waals surface area (Å²) in [7, 11) is 1.89. The van der Waals surface area contributed by atoms with Gasteiger partial charge in [0.2, 0.25) is 0 Å². The maximum absolute atomic E-state index is 11.8. The third-order valence-corrected chi connectivity index (χ3v) is 3.27. The zero-order valence-corrected chi connectivity index (χ0v) is 11.6. The van der Waals surface area contributed by atoms with E-state index in [0.29, 0.717) is 15.6 Å². The molecule has 1 aromatic carbocycles. The smallest absolute Gasteiger partial charge is 0.271 e. The second kappa shape index (κ2) is 5.91. The predicted molar refractivity (Wildman–Crippen MR) is 76.9 cm³/mol. The van der Waals surface area contributed by atoms with E-state index in [9.17, 15) is 4.79 Å². The fourth-order valence-corrected chi connectivity index (χ4v) is 1.77. The Bertz CT molecular complexity index is 635. The van der Waals surface area contributed by atoms with Crippen LogP contribution in [0.1, 0.15) is 16.1 Å². The molecule has 0 aliphatic rings. The van der Waals surface area contributed by atoms with E-state index in [2.05, 4.69) is 10.5 Å². The van der Waals surface area contributed by atoms with Crippen LogP contribution in [0.15, 0.2) is 41.6 Å². The molecule has 0 fully saturated rings. The van der Waals surface area contributed by atoms with Gasteiger partial charge in [0.15, 0.2) is 0 Å². The molecule has 0 bridgehead atoms. The molecule has 2 rings (SSSR count). The number of hydrogen-bond acceptors (Lipinski definition) is 2. The number of rotatable bonds is 3. The van der Waals surface area contributed by atoms with Crippen molar-refractivity contribution in [2.75, 3.05) is 0 Å². The molecule has 1 amide bonds. The lowest BCUT2D eigenvalue weighted by Crippen LogP contribution is -2.17. The van der Waals surface area contributed by atoms with E-state index >= 15 is 0 Å². The number of hydrogen-bond donors (Lipinski definition) is 1. The maximum Gasteiger partial charge on any atom is 0.271 e. The average molecular weight is 296 g/mol. The van der Waals surface area contributed by atoms with Crippen LogP contribution in [-0.4, -0.2) is 16.7 Å². The van der Waals surface area contributed by atoms with Gasteiger partial charge in [0.1, 0.15) is 0 Å². The summed E-state index contributed by atoms with van der Waals surface area (Å²) in [5, 5.41) is 4.62. The Hall–Kier alpha value is -1.78. The molecule has 0 spiro atoms. The molecule has 1 heterocycles. The number of nitrogens with zero attached hydrogens (tertiary/aromatic N) is 2. The van der Waals surface area contributed by atoms with Crippen LogP contribution in [0.25, 0.3) is 0 Å². The van der Waals surface area contributed by atoms with Gasteiger partial charge in [-0.2, -0.15) is 5.10 Å². The fraction of sp³-hybridized carbons (Fsp3) is 0.0769. The molecule has 19 heavy (non-hydrogen) atoms. The van der Waals surface area contributed by atoms with Gasteiger partial charge in [-0.05, 0) is 30.3 Å². The van der Waals surface area contributed by atoms with E-state index in [0.717, 1.165) is 5.69 Å². The van der Waals surface area contributed by atoms with Crippen molar-refractivity contribution in [3.05, 3.63) is 57.8 Å². The highest BCUT2D eigenvalue weighted by Crippen LogP contribution is 2.22. The Kier molecular flexibility index (Phi) is 4.24. The molecular formula is C13H11Cl2N3O. The quantitative estimate of drug-likeness (QED) is 0.686. The van der Waals surface area contributed by atoms with Crippen LogP contribution >= 0.6 is 23.2 Å². The van der Waals surface area contributed by atoms with Gasteiger partial charge in [0.05, 0.1) is 22.0 Å². The van der Waals surface area contributed by atoms with Crippen LogP contribution in [0.2, 0.25) is 10.0 Å². The van der Waals surface area contributed by atoms with Crippen molar-refractivity contribution in [2.45, 2.75) is 0 Å². The van der Waals surface area contributed by atoms with E-state index in [4.69, 9.17) is 23.2 Å². The van der Waals surface area contributed by atoms with Crippen LogP contribution in [-0.2, 0) is 7.05 Å². The number of halogens is 2. The van der Waals surface area contributed by atoms with E-state index in [1.807, 2.05) is 29.9 Å². The van der Waals surface area contributed by atoms with Crippen molar-refractivity contribution in [2.24, 2.45) is 12.1 Å². The van der Waals surface area contributed by atoms with Crippen LogP contribution < -0.4 is 5.43 Å². The number of hydrazone groups is 1. The van der Waals surface area contributed by atoms with Gasteiger partial charge in [-0.25, -0.2) is 5.43 Å². The second-order valence-electron chi connectivity index (χ2n) is 3.87. The Morgan fingerprint density at radius 1 is 1.32 bits per heavy atom. The normalized spacial score (nSPS) is 10.9. The largest absolute Gasteiger partial charge is 0.350 e. The zero-order chi connectivity index (χ0) is 13.8. The first-order valence-electron chi connectivity index (χ1n) is 5.47. The number of aryl methyl sites for hydroxylation is 1. The number of benzene rings is 1. The highest BCUT2D eigenvalue weighted by atomic mass is 35.5. The Balaban J connectivity index is 2.03. The minimum atomic E-state index is -0.343. The van der Waals surface area contributed by atoms with Crippen molar-refractivity contribution in [1.29, 1.82) is 0 Å². The molecule has 0 unspecified atom stereocenters. The van der Waals surface area contributed by atoms with E-state index in [-0.39, 0.29) is 5.91 Å². The van der Waals surface area contributed by atoms with Gasteiger partial charge in [-0.1, -0.05) is 23.2 Å². The molecule has 1 N–H and O–H groups in total. The number of carbonyl (C=O) groups is 1. The third-order valence-electron chi connectivity index (χ3n) is 2.53. The molecule has 6 heteroatoms.